The van der Waals surface area contributed by atoms with Crippen LogP contribution in [-0.2, 0) is 18.2 Å². The van der Waals surface area contributed by atoms with Crippen molar-refractivity contribution in [3.63, 3.8) is 0 Å². The van der Waals surface area contributed by atoms with Crippen molar-refractivity contribution in [1.82, 2.24) is 0 Å². The maximum Gasteiger partial charge on any atom is 0.240 e. The van der Waals surface area contributed by atoms with E-state index in [9.17, 15) is 9.59 Å². The normalized spacial score (nSPS) is 28.9. The lowest BCUT2D eigenvalue weighted by Crippen LogP contribution is -2.56. The summed E-state index contributed by atoms with van der Waals surface area (Å²) < 4.78 is 9.25. The SMILES string of the molecule is COc1ccc(OC)c(N2C(=O)[C@H]3[C@H](C2=O)C2(Br)c4ccccc4C3(Br)c3ccccc32)c1. The van der Waals surface area contributed by atoms with Crippen LogP contribution in [0.15, 0.2) is 66.7 Å². The highest BCUT2D eigenvalue weighted by molar-refractivity contribution is 9.10. The van der Waals surface area contributed by atoms with E-state index in [1.807, 2.05) is 48.5 Å². The quantitative estimate of drug-likeness (QED) is 0.325. The highest BCUT2D eigenvalue weighted by Gasteiger charge is 2.72. The molecule has 2 bridgehead atoms. The lowest BCUT2D eigenvalue weighted by atomic mass is 9.54. The van der Waals surface area contributed by atoms with Gasteiger partial charge in [-0.2, -0.15) is 0 Å². The smallest absolute Gasteiger partial charge is 0.240 e. The number of carbonyl (C=O) groups is 2. The summed E-state index contributed by atoms with van der Waals surface area (Å²) in [5.74, 6) is -0.818. The van der Waals surface area contributed by atoms with E-state index in [0.29, 0.717) is 17.2 Å². The van der Waals surface area contributed by atoms with Crippen molar-refractivity contribution in [3.8, 4) is 11.5 Å². The fraction of sp³-hybridized carbons (Fsp3) is 0.231. The number of carbonyl (C=O) groups excluding carboxylic acids is 2. The minimum absolute atomic E-state index is 0.263. The molecule has 0 radical (unpaired) electrons. The van der Waals surface area contributed by atoms with E-state index in [1.165, 1.54) is 12.0 Å². The Labute approximate surface area is 207 Å². The number of methoxy groups -OCH3 is 2. The van der Waals surface area contributed by atoms with E-state index in [0.717, 1.165) is 22.3 Å². The molecular formula is C26H19Br2NO4. The molecule has 7 rings (SSSR count). The van der Waals surface area contributed by atoms with Crippen molar-refractivity contribution in [2.75, 3.05) is 19.1 Å². The topological polar surface area (TPSA) is 55.8 Å². The Morgan fingerprint density at radius 1 is 0.727 bits per heavy atom. The van der Waals surface area contributed by atoms with Crippen LogP contribution in [0.5, 0.6) is 11.5 Å². The zero-order chi connectivity index (χ0) is 23.1. The Morgan fingerprint density at radius 2 is 1.18 bits per heavy atom. The molecule has 0 unspecified atom stereocenters. The number of amides is 2. The summed E-state index contributed by atoms with van der Waals surface area (Å²) in [5, 5.41) is 0. The first kappa shape index (κ1) is 20.9. The van der Waals surface area contributed by atoms with Gasteiger partial charge < -0.3 is 9.47 Å². The molecule has 166 valence electrons. The Kier molecular flexibility index (Phi) is 4.40. The molecule has 1 aliphatic heterocycles. The second kappa shape index (κ2) is 6.93. The van der Waals surface area contributed by atoms with E-state index in [1.54, 1.807) is 25.3 Å². The summed E-state index contributed by atoms with van der Waals surface area (Å²) in [6, 6.07) is 21.2. The predicted octanol–water partition coefficient (Wildman–Crippen LogP) is 5.11. The van der Waals surface area contributed by atoms with Crippen LogP contribution in [0.1, 0.15) is 22.3 Å². The third-order valence-electron chi connectivity index (χ3n) is 7.21. The van der Waals surface area contributed by atoms with Crippen LogP contribution in [0.2, 0.25) is 0 Å². The lowest BCUT2D eigenvalue weighted by molar-refractivity contribution is -0.122. The van der Waals surface area contributed by atoms with Gasteiger partial charge in [-0.1, -0.05) is 80.4 Å². The molecule has 0 saturated carbocycles. The van der Waals surface area contributed by atoms with E-state index in [-0.39, 0.29) is 11.8 Å². The van der Waals surface area contributed by atoms with Crippen molar-refractivity contribution in [1.29, 1.82) is 0 Å². The summed E-state index contributed by atoms with van der Waals surface area (Å²) in [6.45, 7) is 0. The molecule has 1 saturated heterocycles. The minimum atomic E-state index is -0.825. The van der Waals surface area contributed by atoms with Crippen molar-refractivity contribution < 1.29 is 19.1 Å². The number of alkyl halides is 2. The van der Waals surface area contributed by atoms with E-state index in [2.05, 4.69) is 31.9 Å². The van der Waals surface area contributed by atoms with Crippen molar-refractivity contribution >= 4 is 49.4 Å². The molecule has 3 aromatic rings. The van der Waals surface area contributed by atoms with Gasteiger partial charge in [0.15, 0.2) is 0 Å². The Morgan fingerprint density at radius 3 is 1.58 bits per heavy atom. The zero-order valence-corrected chi connectivity index (χ0v) is 21.0. The van der Waals surface area contributed by atoms with Gasteiger partial charge in [0, 0.05) is 6.07 Å². The molecule has 3 aliphatic carbocycles. The van der Waals surface area contributed by atoms with Crippen LogP contribution in [0.4, 0.5) is 5.69 Å². The van der Waals surface area contributed by atoms with E-state index < -0.39 is 20.5 Å². The molecule has 1 fully saturated rings. The number of ether oxygens (including phenoxy) is 2. The summed E-state index contributed by atoms with van der Waals surface area (Å²) in [5.41, 5.74) is 4.40. The number of rotatable bonds is 3. The molecule has 0 N–H and O–H groups in total. The molecule has 5 nitrogen and oxygen atoms in total. The molecular weight excluding hydrogens is 550 g/mol. The largest absolute Gasteiger partial charge is 0.497 e. The number of imide groups is 1. The van der Waals surface area contributed by atoms with Gasteiger partial charge in [-0.25, -0.2) is 4.90 Å². The highest BCUT2D eigenvalue weighted by atomic mass is 79.9. The van der Waals surface area contributed by atoms with Gasteiger partial charge >= 0.3 is 0 Å². The summed E-state index contributed by atoms with van der Waals surface area (Å²) in [7, 11) is 3.07. The fourth-order valence-corrected chi connectivity index (χ4v) is 8.18. The zero-order valence-electron chi connectivity index (χ0n) is 17.8. The monoisotopic (exact) mass is 567 g/mol. The molecule has 4 aliphatic rings. The molecule has 2 atom stereocenters. The van der Waals surface area contributed by atoms with Gasteiger partial charge in [-0.15, -0.1) is 0 Å². The molecule has 1 heterocycles. The van der Waals surface area contributed by atoms with Crippen molar-refractivity contribution in [2.24, 2.45) is 11.8 Å². The molecule has 2 amide bonds. The number of anilines is 1. The Hall–Kier alpha value is -2.64. The maximum atomic E-state index is 14.1. The first-order valence-electron chi connectivity index (χ1n) is 10.6. The Bertz CT molecular complexity index is 1230. The van der Waals surface area contributed by atoms with Crippen molar-refractivity contribution in [2.45, 2.75) is 8.65 Å². The molecule has 0 spiro atoms. The number of nitrogens with zero attached hydrogens (tertiary/aromatic N) is 1. The summed E-state index contributed by atoms with van der Waals surface area (Å²) >= 11 is 8.03. The number of halogens is 2. The van der Waals surface area contributed by atoms with Crippen LogP contribution in [0.3, 0.4) is 0 Å². The lowest BCUT2D eigenvalue weighted by Gasteiger charge is -2.55. The third kappa shape index (κ3) is 2.37. The average Bonchev–Trinajstić information content (AvgIpc) is 3.13. The Balaban J connectivity index is 1.64. The standard InChI is InChI=1S/C26H19Br2NO4/c1-32-14-11-12-20(33-2)19(13-14)29-23(30)21-22(24(29)31)26(28)16-8-4-3-7-15(16)25(21,27)17-9-5-6-10-18(17)26/h3-13,21-22H,1-2H3/t21-,22-,25?,26?/m1/s1. The third-order valence-corrected chi connectivity index (χ3v) is 9.91. The summed E-state index contributed by atoms with van der Waals surface area (Å²) in [6.07, 6.45) is 0. The first-order valence-corrected chi connectivity index (χ1v) is 12.1. The van der Waals surface area contributed by atoms with Gasteiger partial charge in [0.25, 0.3) is 0 Å². The van der Waals surface area contributed by atoms with Crippen molar-refractivity contribution in [3.05, 3.63) is 89.0 Å². The van der Waals surface area contributed by atoms with Gasteiger partial charge in [-0.3, -0.25) is 9.59 Å². The predicted molar refractivity (Wildman–Crippen MR) is 131 cm³/mol. The molecule has 0 aromatic heterocycles. The van der Waals surface area contributed by atoms with Crippen LogP contribution in [0.25, 0.3) is 0 Å². The van der Waals surface area contributed by atoms with Crippen LogP contribution in [0, 0.1) is 11.8 Å². The van der Waals surface area contributed by atoms with Crippen LogP contribution < -0.4 is 14.4 Å². The second-order valence-electron chi connectivity index (χ2n) is 8.52. The number of benzene rings is 3. The molecule has 7 heteroatoms. The van der Waals surface area contributed by atoms with Gasteiger partial charge in [0.1, 0.15) is 11.5 Å². The average molecular weight is 569 g/mol. The highest BCUT2D eigenvalue weighted by Crippen LogP contribution is 2.71. The summed E-state index contributed by atoms with van der Waals surface area (Å²) in [4.78, 5) is 29.5. The maximum absolute atomic E-state index is 14.1. The van der Waals surface area contributed by atoms with E-state index in [4.69, 9.17) is 9.47 Å². The first-order chi connectivity index (χ1) is 15.9. The number of hydrogen-bond donors (Lipinski definition) is 0. The molecule has 3 aromatic carbocycles. The fourth-order valence-electron chi connectivity index (χ4n) is 5.88. The molecule has 33 heavy (non-hydrogen) atoms. The number of hydrogen-bond acceptors (Lipinski definition) is 4. The minimum Gasteiger partial charge on any atom is -0.497 e. The van der Waals surface area contributed by atoms with Crippen LogP contribution >= 0.6 is 31.9 Å². The van der Waals surface area contributed by atoms with Gasteiger partial charge in [0.05, 0.1) is 40.4 Å². The van der Waals surface area contributed by atoms with E-state index >= 15 is 0 Å². The van der Waals surface area contributed by atoms with Gasteiger partial charge in [-0.05, 0) is 34.4 Å². The second-order valence-corrected chi connectivity index (χ2v) is 11.0. The van der Waals surface area contributed by atoms with Crippen LogP contribution in [-0.4, -0.2) is 26.0 Å². The van der Waals surface area contributed by atoms with Gasteiger partial charge in [0.2, 0.25) is 11.8 Å².